The number of hydrogen-bond acceptors (Lipinski definition) is 2. The summed E-state index contributed by atoms with van der Waals surface area (Å²) in [7, 11) is 0. The SMILES string of the molecule is CC(C)C1CC(NC(C)C(C)CO)C1. The molecule has 0 radical (unpaired) electrons. The summed E-state index contributed by atoms with van der Waals surface area (Å²) >= 11 is 0. The third-order valence-corrected chi connectivity index (χ3v) is 3.76. The van der Waals surface area contributed by atoms with Gasteiger partial charge in [-0.05, 0) is 37.5 Å². The lowest BCUT2D eigenvalue weighted by atomic mass is 9.73. The second kappa shape index (κ2) is 5.13. The average molecular weight is 199 g/mol. The van der Waals surface area contributed by atoms with E-state index in [1.165, 1.54) is 12.8 Å². The predicted octanol–water partition coefficient (Wildman–Crippen LogP) is 2.03. The monoisotopic (exact) mass is 199 g/mol. The van der Waals surface area contributed by atoms with E-state index in [4.69, 9.17) is 5.11 Å². The molecule has 0 saturated heterocycles. The van der Waals surface area contributed by atoms with Crippen LogP contribution in [0.4, 0.5) is 0 Å². The maximum Gasteiger partial charge on any atom is 0.0471 e. The molecule has 84 valence electrons. The first kappa shape index (κ1) is 12.0. The molecule has 0 heterocycles. The van der Waals surface area contributed by atoms with Crippen LogP contribution in [0.15, 0.2) is 0 Å². The standard InChI is InChI=1S/C12H25NO/c1-8(2)11-5-12(6-11)13-10(4)9(3)7-14/h8-14H,5-7H2,1-4H3. The molecule has 2 heteroatoms. The summed E-state index contributed by atoms with van der Waals surface area (Å²) in [5.41, 5.74) is 0. The summed E-state index contributed by atoms with van der Waals surface area (Å²) in [5.74, 6) is 2.12. The van der Waals surface area contributed by atoms with Gasteiger partial charge in [0.25, 0.3) is 0 Å². The van der Waals surface area contributed by atoms with E-state index < -0.39 is 0 Å². The highest BCUT2D eigenvalue weighted by molar-refractivity contribution is 4.88. The van der Waals surface area contributed by atoms with Gasteiger partial charge in [0.2, 0.25) is 0 Å². The Kier molecular flexibility index (Phi) is 4.39. The minimum absolute atomic E-state index is 0.286. The van der Waals surface area contributed by atoms with Crippen LogP contribution in [0.5, 0.6) is 0 Å². The fraction of sp³-hybridized carbons (Fsp3) is 1.00. The minimum atomic E-state index is 0.286. The van der Waals surface area contributed by atoms with E-state index in [1.54, 1.807) is 0 Å². The second-order valence-electron chi connectivity index (χ2n) is 5.29. The number of hydrogen-bond donors (Lipinski definition) is 2. The molecule has 0 amide bonds. The molecule has 1 aliphatic rings. The summed E-state index contributed by atoms with van der Waals surface area (Å²) in [6.07, 6.45) is 2.64. The minimum Gasteiger partial charge on any atom is -0.396 e. The molecule has 1 rings (SSSR count). The van der Waals surface area contributed by atoms with Crippen molar-refractivity contribution < 1.29 is 5.11 Å². The van der Waals surface area contributed by atoms with Gasteiger partial charge in [0.05, 0.1) is 0 Å². The maximum atomic E-state index is 9.01. The van der Waals surface area contributed by atoms with Crippen molar-refractivity contribution in [2.45, 2.75) is 52.6 Å². The molecule has 2 unspecified atom stereocenters. The van der Waals surface area contributed by atoms with Crippen LogP contribution >= 0.6 is 0 Å². The van der Waals surface area contributed by atoms with Gasteiger partial charge in [-0.1, -0.05) is 20.8 Å². The molecule has 2 atom stereocenters. The van der Waals surface area contributed by atoms with E-state index in [9.17, 15) is 0 Å². The van der Waals surface area contributed by atoms with Crippen molar-refractivity contribution in [3.8, 4) is 0 Å². The fourth-order valence-electron chi connectivity index (χ4n) is 2.04. The number of nitrogens with one attached hydrogen (secondary N) is 1. The molecule has 0 aromatic rings. The molecule has 2 nitrogen and oxygen atoms in total. The molecule has 1 aliphatic carbocycles. The highest BCUT2D eigenvalue weighted by atomic mass is 16.3. The zero-order valence-electron chi connectivity index (χ0n) is 9.96. The van der Waals surface area contributed by atoms with Crippen molar-refractivity contribution in [2.75, 3.05) is 6.61 Å². The van der Waals surface area contributed by atoms with E-state index >= 15 is 0 Å². The van der Waals surface area contributed by atoms with Crippen molar-refractivity contribution in [3.05, 3.63) is 0 Å². The molecule has 2 N–H and O–H groups in total. The Balaban J connectivity index is 2.16. The largest absolute Gasteiger partial charge is 0.396 e. The van der Waals surface area contributed by atoms with Gasteiger partial charge in [-0.3, -0.25) is 0 Å². The van der Waals surface area contributed by atoms with E-state index in [0.29, 0.717) is 18.0 Å². The zero-order valence-corrected chi connectivity index (χ0v) is 9.96. The van der Waals surface area contributed by atoms with E-state index in [-0.39, 0.29) is 6.61 Å². The first-order chi connectivity index (χ1) is 6.54. The van der Waals surface area contributed by atoms with Crippen molar-refractivity contribution in [2.24, 2.45) is 17.8 Å². The van der Waals surface area contributed by atoms with Gasteiger partial charge in [0.15, 0.2) is 0 Å². The Bertz CT molecular complexity index is 164. The Morgan fingerprint density at radius 3 is 2.21 bits per heavy atom. The second-order valence-corrected chi connectivity index (χ2v) is 5.29. The predicted molar refractivity (Wildman–Crippen MR) is 60.2 cm³/mol. The summed E-state index contributed by atoms with van der Waals surface area (Å²) in [5, 5.41) is 12.6. The molecule has 0 bridgehead atoms. The van der Waals surface area contributed by atoms with Gasteiger partial charge in [0.1, 0.15) is 0 Å². The molecule has 0 aliphatic heterocycles. The average Bonchev–Trinajstić information content (AvgIpc) is 2.07. The molecule has 14 heavy (non-hydrogen) atoms. The van der Waals surface area contributed by atoms with Crippen molar-refractivity contribution in [1.29, 1.82) is 0 Å². The van der Waals surface area contributed by atoms with Gasteiger partial charge >= 0.3 is 0 Å². The van der Waals surface area contributed by atoms with Gasteiger partial charge in [-0.2, -0.15) is 0 Å². The highest BCUT2D eigenvalue weighted by Crippen LogP contribution is 2.33. The Morgan fingerprint density at radius 2 is 1.79 bits per heavy atom. The molecule has 1 saturated carbocycles. The van der Waals surface area contributed by atoms with Crippen LogP contribution in [-0.2, 0) is 0 Å². The van der Waals surface area contributed by atoms with Gasteiger partial charge < -0.3 is 10.4 Å². The highest BCUT2D eigenvalue weighted by Gasteiger charge is 2.32. The fourth-order valence-corrected chi connectivity index (χ4v) is 2.04. The van der Waals surface area contributed by atoms with E-state index in [2.05, 4.69) is 33.0 Å². The number of rotatable bonds is 5. The summed E-state index contributed by atoms with van der Waals surface area (Å²) in [6, 6.07) is 1.14. The van der Waals surface area contributed by atoms with Crippen molar-refractivity contribution in [1.82, 2.24) is 5.32 Å². The molecule has 0 aromatic carbocycles. The maximum absolute atomic E-state index is 9.01. The molecule has 0 spiro atoms. The van der Waals surface area contributed by atoms with Crippen LogP contribution in [0.25, 0.3) is 0 Å². The van der Waals surface area contributed by atoms with E-state index in [1.807, 2.05) is 0 Å². The van der Waals surface area contributed by atoms with Crippen LogP contribution in [0.2, 0.25) is 0 Å². The van der Waals surface area contributed by atoms with Crippen LogP contribution in [0.3, 0.4) is 0 Å². The topological polar surface area (TPSA) is 32.3 Å². The van der Waals surface area contributed by atoms with Gasteiger partial charge in [0, 0.05) is 18.7 Å². The zero-order chi connectivity index (χ0) is 10.7. The molecule has 1 fully saturated rings. The first-order valence-corrected chi connectivity index (χ1v) is 5.91. The number of aliphatic hydroxyl groups excluding tert-OH is 1. The lowest BCUT2D eigenvalue weighted by molar-refractivity contribution is 0.134. The van der Waals surface area contributed by atoms with Gasteiger partial charge in [-0.25, -0.2) is 0 Å². The van der Waals surface area contributed by atoms with Crippen molar-refractivity contribution in [3.63, 3.8) is 0 Å². The number of aliphatic hydroxyl groups is 1. The lowest BCUT2D eigenvalue weighted by Gasteiger charge is -2.41. The third kappa shape index (κ3) is 2.96. The normalized spacial score (nSPS) is 31.3. The quantitative estimate of drug-likeness (QED) is 0.710. The third-order valence-electron chi connectivity index (χ3n) is 3.76. The van der Waals surface area contributed by atoms with Crippen molar-refractivity contribution >= 4 is 0 Å². The summed E-state index contributed by atoms with van der Waals surface area (Å²) in [6.45, 7) is 9.16. The molecular formula is C12H25NO. The Morgan fingerprint density at radius 1 is 1.21 bits per heavy atom. The van der Waals surface area contributed by atoms with Crippen LogP contribution in [0, 0.1) is 17.8 Å². The Labute approximate surface area is 88.1 Å². The lowest BCUT2D eigenvalue weighted by Crippen LogP contribution is -2.49. The molecular weight excluding hydrogens is 174 g/mol. The molecule has 0 aromatic heterocycles. The first-order valence-electron chi connectivity index (χ1n) is 5.91. The summed E-state index contributed by atoms with van der Waals surface area (Å²) < 4.78 is 0. The smallest absolute Gasteiger partial charge is 0.0471 e. The van der Waals surface area contributed by atoms with Crippen LogP contribution in [0.1, 0.15) is 40.5 Å². The van der Waals surface area contributed by atoms with Crippen LogP contribution < -0.4 is 5.32 Å². The Hall–Kier alpha value is -0.0800. The van der Waals surface area contributed by atoms with Gasteiger partial charge in [-0.15, -0.1) is 0 Å². The summed E-state index contributed by atoms with van der Waals surface area (Å²) in [4.78, 5) is 0. The van der Waals surface area contributed by atoms with Crippen LogP contribution in [-0.4, -0.2) is 23.8 Å². The van der Waals surface area contributed by atoms with E-state index in [0.717, 1.165) is 11.8 Å².